The van der Waals surface area contributed by atoms with Gasteiger partial charge in [0.05, 0.1) is 5.69 Å². The second-order valence-corrected chi connectivity index (χ2v) is 7.11. The summed E-state index contributed by atoms with van der Waals surface area (Å²) in [4.78, 5) is 17.1. The van der Waals surface area contributed by atoms with Crippen LogP contribution in [0.1, 0.15) is 41.0 Å². The van der Waals surface area contributed by atoms with Crippen LogP contribution in [0.5, 0.6) is 11.5 Å². The lowest BCUT2D eigenvalue weighted by Crippen LogP contribution is -2.23. The minimum Gasteiger partial charge on any atom is -0.457 e. The lowest BCUT2D eigenvalue weighted by molar-refractivity contribution is 0.0950. The number of nitrogens with zero attached hydrogens (tertiary/aromatic N) is 1. The van der Waals surface area contributed by atoms with Crippen molar-refractivity contribution in [2.45, 2.75) is 27.3 Å². The van der Waals surface area contributed by atoms with Gasteiger partial charge in [0.2, 0.25) is 0 Å². The Labute approximate surface area is 186 Å². The van der Waals surface area contributed by atoms with E-state index in [0.717, 1.165) is 17.3 Å². The Morgan fingerprint density at radius 2 is 1.84 bits per heavy atom. The first-order chi connectivity index (χ1) is 15.4. The van der Waals surface area contributed by atoms with E-state index >= 15 is 0 Å². The number of carbonyl (C=O) groups is 1. The Hall–Kier alpha value is -3.80. The molecule has 0 aliphatic rings. The molecule has 6 heteroatoms. The number of ether oxygens (including phenoxy) is 1. The van der Waals surface area contributed by atoms with Crippen LogP contribution < -0.4 is 10.1 Å². The van der Waals surface area contributed by atoms with Gasteiger partial charge in [-0.15, -0.1) is 0 Å². The van der Waals surface area contributed by atoms with Crippen molar-refractivity contribution in [3.05, 3.63) is 107 Å². The van der Waals surface area contributed by atoms with Crippen LogP contribution in [0.4, 0.5) is 8.78 Å². The highest BCUT2D eigenvalue weighted by atomic mass is 19.1. The largest absolute Gasteiger partial charge is 0.457 e. The fourth-order valence-corrected chi connectivity index (χ4v) is 3.23. The molecule has 0 spiro atoms. The molecule has 0 saturated heterocycles. The first kappa shape index (κ1) is 22.9. The Bertz CT molecular complexity index is 1170. The smallest absolute Gasteiger partial charge is 0.251 e. The van der Waals surface area contributed by atoms with Crippen molar-refractivity contribution in [3.63, 3.8) is 0 Å². The van der Waals surface area contributed by atoms with Crippen LogP contribution >= 0.6 is 0 Å². The van der Waals surface area contributed by atoms with Gasteiger partial charge in [0.1, 0.15) is 23.1 Å². The number of amides is 1. The van der Waals surface area contributed by atoms with Gasteiger partial charge >= 0.3 is 0 Å². The van der Waals surface area contributed by atoms with Gasteiger partial charge in [-0.3, -0.25) is 9.78 Å². The summed E-state index contributed by atoms with van der Waals surface area (Å²) >= 11 is 0. The van der Waals surface area contributed by atoms with Crippen LogP contribution in [-0.4, -0.2) is 10.9 Å². The third-order valence-electron chi connectivity index (χ3n) is 4.82. The molecular formula is C26H24F2N2O2. The predicted molar refractivity (Wildman–Crippen MR) is 121 cm³/mol. The van der Waals surface area contributed by atoms with Crippen LogP contribution in [-0.2, 0) is 6.54 Å². The second kappa shape index (κ2) is 10.5. The van der Waals surface area contributed by atoms with E-state index in [2.05, 4.69) is 10.3 Å². The number of allylic oxidation sites excluding steroid dienone is 4. The van der Waals surface area contributed by atoms with Crippen molar-refractivity contribution in [1.82, 2.24) is 10.3 Å². The van der Waals surface area contributed by atoms with E-state index in [9.17, 15) is 13.6 Å². The van der Waals surface area contributed by atoms with Crippen molar-refractivity contribution >= 4 is 11.5 Å². The Balaban J connectivity index is 1.77. The summed E-state index contributed by atoms with van der Waals surface area (Å²) in [6, 6.07) is 11.9. The van der Waals surface area contributed by atoms with Gasteiger partial charge in [-0.1, -0.05) is 24.3 Å². The lowest BCUT2D eigenvalue weighted by Gasteiger charge is -2.13. The molecule has 32 heavy (non-hydrogen) atoms. The topological polar surface area (TPSA) is 51.2 Å². The van der Waals surface area contributed by atoms with E-state index in [4.69, 9.17) is 4.74 Å². The SMILES string of the molecule is C/C=C\C(=C/C)c1cc(Oc2cccc(C(=O)NCc3cc(F)cc(F)c3)c2C)ccn1. The zero-order chi connectivity index (χ0) is 23.1. The van der Waals surface area contributed by atoms with Gasteiger partial charge in [0.25, 0.3) is 5.91 Å². The highest BCUT2D eigenvalue weighted by Gasteiger charge is 2.14. The molecule has 0 fully saturated rings. The minimum atomic E-state index is -0.687. The van der Waals surface area contributed by atoms with Crippen LogP contribution in [0, 0.1) is 18.6 Å². The Morgan fingerprint density at radius 3 is 2.53 bits per heavy atom. The molecule has 0 aliphatic carbocycles. The highest BCUT2D eigenvalue weighted by Crippen LogP contribution is 2.28. The number of halogens is 2. The molecule has 0 unspecified atom stereocenters. The van der Waals surface area contributed by atoms with Gasteiger partial charge in [-0.25, -0.2) is 8.78 Å². The zero-order valence-electron chi connectivity index (χ0n) is 18.2. The number of benzene rings is 2. The van der Waals surface area contributed by atoms with E-state index in [1.807, 2.05) is 38.1 Å². The molecule has 2 aromatic carbocycles. The number of nitrogens with one attached hydrogen (secondary N) is 1. The molecule has 164 valence electrons. The van der Waals surface area contributed by atoms with E-state index in [1.54, 1.807) is 37.4 Å². The van der Waals surface area contributed by atoms with E-state index in [-0.39, 0.29) is 12.5 Å². The maximum atomic E-state index is 13.4. The van der Waals surface area contributed by atoms with Crippen LogP contribution in [0.15, 0.2) is 73.0 Å². The van der Waals surface area contributed by atoms with E-state index in [0.29, 0.717) is 28.2 Å². The summed E-state index contributed by atoms with van der Waals surface area (Å²) in [6.07, 6.45) is 7.54. The average Bonchev–Trinajstić information content (AvgIpc) is 2.77. The van der Waals surface area contributed by atoms with Crippen molar-refractivity contribution in [2.24, 2.45) is 0 Å². The molecule has 1 heterocycles. The van der Waals surface area contributed by atoms with Gasteiger partial charge in [0.15, 0.2) is 0 Å². The molecule has 3 rings (SSSR count). The molecular weight excluding hydrogens is 410 g/mol. The number of aromatic nitrogens is 1. The fraction of sp³-hybridized carbons (Fsp3) is 0.154. The summed E-state index contributed by atoms with van der Waals surface area (Å²) < 4.78 is 32.8. The standard InChI is InChI=1S/C26H24F2N2O2/c1-4-7-19(5-2)24-15-22(10-11-29-24)32-25-9-6-8-23(17(25)3)26(31)30-16-18-12-20(27)14-21(28)13-18/h4-15H,16H2,1-3H3,(H,30,31)/b7-4-,19-5+. The van der Waals surface area contributed by atoms with Crippen molar-refractivity contribution in [2.75, 3.05) is 0 Å². The molecule has 0 bridgehead atoms. The first-order valence-electron chi connectivity index (χ1n) is 10.2. The third kappa shape index (κ3) is 5.66. The van der Waals surface area contributed by atoms with Gasteiger partial charge < -0.3 is 10.1 Å². The normalized spacial score (nSPS) is 11.6. The molecule has 3 aromatic rings. The van der Waals surface area contributed by atoms with Crippen LogP contribution in [0.2, 0.25) is 0 Å². The fourth-order valence-electron chi connectivity index (χ4n) is 3.23. The number of carbonyl (C=O) groups excluding carboxylic acids is 1. The summed E-state index contributed by atoms with van der Waals surface area (Å²) in [5.41, 5.74) is 3.14. The van der Waals surface area contributed by atoms with E-state index < -0.39 is 11.6 Å². The van der Waals surface area contributed by atoms with Crippen molar-refractivity contribution in [3.8, 4) is 11.5 Å². The highest BCUT2D eigenvalue weighted by molar-refractivity contribution is 5.96. The number of rotatable bonds is 7. The van der Waals surface area contributed by atoms with Crippen LogP contribution in [0.3, 0.4) is 0 Å². The van der Waals surface area contributed by atoms with Gasteiger partial charge in [-0.05, 0) is 62.2 Å². The maximum Gasteiger partial charge on any atom is 0.251 e. The molecule has 1 N–H and O–H groups in total. The molecule has 0 aliphatic heterocycles. The van der Waals surface area contributed by atoms with Gasteiger partial charge in [-0.2, -0.15) is 0 Å². The second-order valence-electron chi connectivity index (χ2n) is 7.11. The number of hydrogen-bond acceptors (Lipinski definition) is 3. The Kier molecular flexibility index (Phi) is 7.49. The number of pyridine rings is 1. The summed E-state index contributed by atoms with van der Waals surface area (Å²) in [6.45, 7) is 5.66. The van der Waals surface area contributed by atoms with E-state index in [1.165, 1.54) is 12.1 Å². The molecule has 1 amide bonds. The Morgan fingerprint density at radius 1 is 1.09 bits per heavy atom. The quantitative estimate of drug-likeness (QED) is 0.440. The monoisotopic (exact) mass is 434 g/mol. The van der Waals surface area contributed by atoms with Crippen LogP contribution in [0.25, 0.3) is 5.57 Å². The summed E-state index contributed by atoms with van der Waals surface area (Å²) in [5, 5.41) is 2.69. The first-order valence-corrected chi connectivity index (χ1v) is 10.2. The maximum absolute atomic E-state index is 13.4. The molecule has 4 nitrogen and oxygen atoms in total. The molecule has 0 saturated carbocycles. The molecule has 0 radical (unpaired) electrons. The average molecular weight is 434 g/mol. The minimum absolute atomic E-state index is 0.00281. The van der Waals surface area contributed by atoms with Crippen molar-refractivity contribution in [1.29, 1.82) is 0 Å². The summed E-state index contributed by atoms with van der Waals surface area (Å²) in [5.74, 6) is -0.618. The lowest BCUT2D eigenvalue weighted by atomic mass is 10.1. The predicted octanol–water partition coefficient (Wildman–Crippen LogP) is 6.37. The third-order valence-corrected chi connectivity index (χ3v) is 4.82. The van der Waals surface area contributed by atoms with Crippen molar-refractivity contribution < 1.29 is 18.3 Å². The number of hydrogen-bond donors (Lipinski definition) is 1. The zero-order valence-corrected chi connectivity index (χ0v) is 18.2. The molecule has 1 aromatic heterocycles. The van der Waals surface area contributed by atoms with Gasteiger partial charge in [0, 0.05) is 36.0 Å². The summed E-state index contributed by atoms with van der Waals surface area (Å²) in [7, 11) is 0. The molecule has 0 atom stereocenters.